The summed E-state index contributed by atoms with van der Waals surface area (Å²) in [6, 6.07) is 2.13. The van der Waals surface area contributed by atoms with Gasteiger partial charge in [-0.05, 0) is 17.9 Å². The highest BCUT2D eigenvalue weighted by Gasteiger charge is 2.22. The van der Waals surface area contributed by atoms with E-state index in [1.54, 1.807) is 7.05 Å². The molecule has 3 amide bonds. The summed E-state index contributed by atoms with van der Waals surface area (Å²) in [5.41, 5.74) is 4.97. The third-order valence-corrected chi connectivity index (χ3v) is 3.46. The second kappa shape index (κ2) is 7.49. The first kappa shape index (κ1) is 16.0. The average Bonchev–Trinajstić information content (AvgIpc) is 2.86. The van der Waals surface area contributed by atoms with Crippen molar-refractivity contribution in [2.75, 3.05) is 7.05 Å². The lowest BCUT2D eigenvalue weighted by Gasteiger charge is -2.20. The number of carboxylic acids is 1. The van der Waals surface area contributed by atoms with Gasteiger partial charge in [-0.15, -0.1) is 11.3 Å². The maximum absolute atomic E-state index is 11.9. The highest BCUT2D eigenvalue weighted by atomic mass is 32.1. The van der Waals surface area contributed by atoms with Crippen LogP contribution in [0.4, 0.5) is 4.79 Å². The minimum absolute atomic E-state index is 0.0246. The topological polar surface area (TPSA) is 113 Å². The standard InChI is InChI=1S/C12H17N3O4S/c1-15(7-8-3-2-6-20-8)12(19)14-9(11(17)18)4-5-10(13)16/h2-3,6,9H,4-5,7H2,1H3,(H2,13,16)(H,14,19)(H,17,18). The van der Waals surface area contributed by atoms with Crippen LogP contribution in [-0.2, 0) is 16.1 Å². The molecule has 1 aromatic rings. The molecule has 0 bridgehead atoms. The third-order valence-electron chi connectivity index (χ3n) is 2.60. The molecule has 20 heavy (non-hydrogen) atoms. The lowest BCUT2D eigenvalue weighted by atomic mass is 10.1. The van der Waals surface area contributed by atoms with Gasteiger partial charge in [0, 0.05) is 18.3 Å². The van der Waals surface area contributed by atoms with Crippen LogP contribution in [0.1, 0.15) is 17.7 Å². The zero-order chi connectivity index (χ0) is 15.1. The summed E-state index contributed by atoms with van der Waals surface area (Å²) in [7, 11) is 1.57. The van der Waals surface area contributed by atoms with E-state index in [9.17, 15) is 14.4 Å². The Bertz CT molecular complexity index is 475. The monoisotopic (exact) mass is 299 g/mol. The molecule has 0 spiro atoms. The third kappa shape index (κ3) is 5.27. The summed E-state index contributed by atoms with van der Waals surface area (Å²) in [6.07, 6.45) is -0.116. The minimum atomic E-state index is -1.19. The van der Waals surface area contributed by atoms with Crippen LogP contribution in [0, 0.1) is 0 Å². The number of aliphatic carboxylic acids is 1. The van der Waals surface area contributed by atoms with Crippen molar-refractivity contribution in [2.45, 2.75) is 25.4 Å². The second-order valence-corrected chi connectivity index (χ2v) is 5.31. The van der Waals surface area contributed by atoms with Crippen molar-refractivity contribution in [1.82, 2.24) is 10.2 Å². The van der Waals surface area contributed by atoms with Crippen LogP contribution in [-0.4, -0.2) is 41.0 Å². The molecule has 0 aliphatic rings. The van der Waals surface area contributed by atoms with E-state index in [4.69, 9.17) is 10.8 Å². The number of hydrogen-bond donors (Lipinski definition) is 3. The molecule has 0 radical (unpaired) electrons. The number of carbonyl (C=O) groups excluding carboxylic acids is 2. The van der Waals surface area contributed by atoms with Crippen molar-refractivity contribution in [2.24, 2.45) is 5.73 Å². The highest BCUT2D eigenvalue weighted by molar-refractivity contribution is 7.09. The van der Waals surface area contributed by atoms with Gasteiger partial charge in [0.25, 0.3) is 0 Å². The summed E-state index contributed by atoms with van der Waals surface area (Å²) in [4.78, 5) is 35.9. The first-order valence-electron chi connectivity index (χ1n) is 5.95. The Morgan fingerprint density at radius 1 is 1.50 bits per heavy atom. The number of thiophene rings is 1. The van der Waals surface area contributed by atoms with E-state index in [1.165, 1.54) is 16.2 Å². The number of nitrogens with one attached hydrogen (secondary N) is 1. The number of nitrogens with zero attached hydrogens (tertiary/aromatic N) is 1. The van der Waals surface area contributed by atoms with Crippen LogP contribution < -0.4 is 11.1 Å². The minimum Gasteiger partial charge on any atom is -0.480 e. The lowest BCUT2D eigenvalue weighted by molar-refractivity contribution is -0.139. The molecule has 0 saturated carbocycles. The molecule has 0 aliphatic carbocycles. The van der Waals surface area contributed by atoms with Gasteiger partial charge in [-0.3, -0.25) is 4.79 Å². The Kier molecular flexibility index (Phi) is 5.98. The van der Waals surface area contributed by atoms with Gasteiger partial charge in [-0.1, -0.05) is 6.07 Å². The van der Waals surface area contributed by atoms with Gasteiger partial charge in [0.05, 0.1) is 6.54 Å². The maximum Gasteiger partial charge on any atom is 0.326 e. The van der Waals surface area contributed by atoms with Crippen molar-refractivity contribution in [3.8, 4) is 0 Å². The maximum atomic E-state index is 11.9. The van der Waals surface area contributed by atoms with Gasteiger partial charge < -0.3 is 21.1 Å². The van der Waals surface area contributed by atoms with Gasteiger partial charge in [-0.25, -0.2) is 9.59 Å². The van der Waals surface area contributed by atoms with Crippen molar-refractivity contribution in [3.63, 3.8) is 0 Å². The summed E-state index contributed by atoms with van der Waals surface area (Å²) in [6.45, 7) is 0.395. The highest BCUT2D eigenvalue weighted by Crippen LogP contribution is 2.11. The van der Waals surface area contributed by atoms with E-state index < -0.39 is 23.9 Å². The fourth-order valence-corrected chi connectivity index (χ4v) is 2.27. The Labute approximate surface area is 120 Å². The van der Waals surface area contributed by atoms with Crippen molar-refractivity contribution in [3.05, 3.63) is 22.4 Å². The Hall–Kier alpha value is -2.09. The molecule has 0 aromatic carbocycles. The molecule has 1 atom stereocenters. The SMILES string of the molecule is CN(Cc1cccs1)C(=O)NC(CCC(N)=O)C(=O)O. The number of urea groups is 1. The van der Waals surface area contributed by atoms with Crippen LogP contribution in [0.15, 0.2) is 17.5 Å². The van der Waals surface area contributed by atoms with E-state index in [2.05, 4.69) is 5.32 Å². The van der Waals surface area contributed by atoms with E-state index in [0.29, 0.717) is 6.54 Å². The van der Waals surface area contributed by atoms with E-state index in [0.717, 1.165) is 4.88 Å². The number of primary amides is 1. The normalized spacial score (nSPS) is 11.7. The quantitative estimate of drug-likeness (QED) is 0.684. The summed E-state index contributed by atoms with van der Waals surface area (Å²) in [5.74, 6) is -1.79. The molecule has 4 N–H and O–H groups in total. The van der Waals surface area contributed by atoms with Crippen molar-refractivity contribution < 1.29 is 19.5 Å². The Balaban J connectivity index is 2.52. The fourth-order valence-electron chi connectivity index (χ4n) is 1.51. The predicted molar refractivity (Wildman–Crippen MR) is 74.2 cm³/mol. The molecular weight excluding hydrogens is 282 g/mol. The van der Waals surface area contributed by atoms with Crippen LogP contribution in [0.25, 0.3) is 0 Å². The Morgan fingerprint density at radius 3 is 2.70 bits per heavy atom. The van der Waals surface area contributed by atoms with Gasteiger partial charge in [0.2, 0.25) is 5.91 Å². The molecule has 0 fully saturated rings. The zero-order valence-electron chi connectivity index (χ0n) is 11.0. The van der Waals surface area contributed by atoms with E-state index >= 15 is 0 Å². The van der Waals surface area contributed by atoms with Gasteiger partial charge >= 0.3 is 12.0 Å². The first-order chi connectivity index (χ1) is 9.40. The predicted octanol–water partition coefficient (Wildman–Crippen LogP) is 0.608. The largest absolute Gasteiger partial charge is 0.480 e. The number of carbonyl (C=O) groups is 3. The number of hydrogen-bond acceptors (Lipinski definition) is 4. The van der Waals surface area contributed by atoms with Crippen molar-refractivity contribution in [1.29, 1.82) is 0 Å². The average molecular weight is 299 g/mol. The molecule has 1 unspecified atom stereocenters. The van der Waals surface area contributed by atoms with Crippen LogP contribution >= 0.6 is 11.3 Å². The van der Waals surface area contributed by atoms with Gasteiger partial charge in [0.15, 0.2) is 0 Å². The number of carboxylic acid groups (broad SMARTS) is 1. The first-order valence-corrected chi connectivity index (χ1v) is 6.83. The fraction of sp³-hybridized carbons (Fsp3) is 0.417. The molecule has 1 aromatic heterocycles. The lowest BCUT2D eigenvalue weighted by Crippen LogP contribution is -2.46. The summed E-state index contributed by atoms with van der Waals surface area (Å²) < 4.78 is 0. The number of nitrogens with two attached hydrogens (primary N) is 1. The molecule has 8 heteroatoms. The van der Waals surface area contributed by atoms with Crippen LogP contribution in [0.5, 0.6) is 0 Å². The molecule has 0 aliphatic heterocycles. The zero-order valence-corrected chi connectivity index (χ0v) is 11.9. The number of rotatable bonds is 7. The van der Waals surface area contributed by atoms with Gasteiger partial charge in [-0.2, -0.15) is 0 Å². The molecule has 1 heterocycles. The summed E-state index contributed by atoms with van der Waals surface area (Å²) in [5, 5.41) is 13.3. The molecule has 0 saturated heterocycles. The van der Waals surface area contributed by atoms with E-state index in [-0.39, 0.29) is 12.8 Å². The molecule has 7 nitrogen and oxygen atoms in total. The van der Waals surface area contributed by atoms with Gasteiger partial charge in [0.1, 0.15) is 6.04 Å². The molecular formula is C12H17N3O4S. The second-order valence-electron chi connectivity index (χ2n) is 4.28. The van der Waals surface area contributed by atoms with E-state index in [1.807, 2.05) is 17.5 Å². The molecule has 1 rings (SSSR count). The van der Waals surface area contributed by atoms with Crippen molar-refractivity contribution >= 4 is 29.2 Å². The Morgan fingerprint density at radius 2 is 2.20 bits per heavy atom. The smallest absolute Gasteiger partial charge is 0.326 e. The van der Waals surface area contributed by atoms with Crippen LogP contribution in [0.3, 0.4) is 0 Å². The summed E-state index contributed by atoms with van der Waals surface area (Å²) >= 11 is 1.51. The molecule has 110 valence electrons. The van der Waals surface area contributed by atoms with Crippen LogP contribution in [0.2, 0.25) is 0 Å². The number of amides is 3.